The second-order valence-corrected chi connectivity index (χ2v) is 5.35. The molecule has 0 aliphatic carbocycles. The zero-order valence-corrected chi connectivity index (χ0v) is 9.40. The van der Waals surface area contributed by atoms with Crippen molar-refractivity contribution in [2.24, 2.45) is 0 Å². The fourth-order valence-electron chi connectivity index (χ4n) is 1.18. The van der Waals surface area contributed by atoms with Gasteiger partial charge in [0.15, 0.2) is 6.67 Å². The maximum atomic E-state index is 12.9. The first-order valence-electron chi connectivity index (χ1n) is 4.62. The van der Waals surface area contributed by atoms with E-state index in [1.807, 2.05) is 0 Å². The lowest BCUT2D eigenvalue weighted by Crippen LogP contribution is -2.31. The molecule has 0 bridgehead atoms. The van der Waals surface area contributed by atoms with Gasteiger partial charge in [0.25, 0.3) is 0 Å². The topological polar surface area (TPSA) is 34.1 Å². The van der Waals surface area contributed by atoms with Gasteiger partial charge in [0, 0.05) is 0 Å². The highest BCUT2D eigenvalue weighted by molar-refractivity contribution is 7.92. The Balaban J connectivity index is 3.28. The minimum atomic E-state index is -4.93. The molecular formula is C10H11F3O2S. The normalized spacial score (nSPS) is 12.8. The summed E-state index contributed by atoms with van der Waals surface area (Å²) < 4.78 is 60.5. The molecule has 0 unspecified atom stereocenters. The molecule has 0 saturated heterocycles. The Bertz CT molecular complexity index is 469. The molecule has 6 heteroatoms. The third kappa shape index (κ3) is 2.21. The molecule has 2 nitrogen and oxygen atoms in total. The van der Waals surface area contributed by atoms with Crippen molar-refractivity contribution in [3.8, 4) is 0 Å². The van der Waals surface area contributed by atoms with Gasteiger partial charge in [-0.25, -0.2) is 12.8 Å². The van der Waals surface area contributed by atoms with Crippen LogP contribution in [0.15, 0.2) is 29.2 Å². The minimum Gasteiger partial charge on any atom is -0.243 e. The number of hydrogen-bond acceptors (Lipinski definition) is 2. The van der Waals surface area contributed by atoms with E-state index < -0.39 is 26.7 Å². The molecule has 0 radical (unpaired) electrons. The van der Waals surface area contributed by atoms with Gasteiger partial charge in [-0.1, -0.05) is 19.1 Å². The van der Waals surface area contributed by atoms with Crippen molar-refractivity contribution < 1.29 is 21.6 Å². The smallest absolute Gasteiger partial charge is 0.243 e. The molecule has 0 aromatic heterocycles. The molecule has 1 aromatic carbocycles. The van der Waals surface area contributed by atoms with E-state index >= 15 is 0 Å². The fourth-order valence-corrected chi connectivity index (χ4v) is 2.23. The molecule has 0 N–H and O–H groups in total. The van der Waals surface area contributed by atoms with Crippen LogP contribution < -0.4 is 0 Å². The molecule has 90 valence electrons. The second-order valence-electron chi connectivity index (χ2n) is 3.28. The summed E-state index contributed by atoms with van der Waals surface area (Å²) in [4.78, 5) is -0.547. The Morgan fingerprint density at radius 3 is 2.44 bits per heavy atom. The number of hydrogen-bond donors (Lipinski definition) is 0. The SMILES string of the molecule is CCc1cccc(S(=O)(=O)C(F)(F)CF)c1. The van der Waals surface area contributed by atoms with E-state index in [0.29, 0.717) is 12.0 Å². The van der Waals surface area contributed by atoms with Gasteiger partial charge in [-0.3, -0.25) is 0 Å². The van der Waals surface area contributed by atoms with Crippen molar-refractivity contribution in [1.82, 2.24) is 0 Å². The van der Waals surface area contributed by atoms with Crippen molar-refractivity contribution in [1.29, 1.82) is 0 Å². The Morgan fingerprint density at radius 2 is 1.94 bits per heavy atom. The number of rotatable bonds is 4. The molecule has 0 amide bonds. The van der Waals surface area contributed by atoms with Crippen LogP contribution in [0.2, 0.25) is 0 Å². The third-order valence-electron chi connectivity index (χ3n) is 2.17. The zero-order chi connectivity index (χ0) is 12.4. The van der Waals surface area contributed by atoms with Crippen LogP contribution >= 0.6 is 0 Å². The second kappa shape index (κ2) is 4.45. The molecule has 0 spiro atoms. The molecule has 0 heterocycles. The van der Waals surface area contributed by atoms with E-state index in [-0.39, 0.29) is 0 Å². The van der Waals surface area contributed by atoms with Crippen LogP contribution in [-0.4, -0.2) is 20.3 Å². The summed E-state index contributed by atoms with van der Waals surface area (Å²) in [6.07, 6.45) is 0.518. The van der Waals surface area contributed by atoms with Crippen molar-refractivity contribution in [3.05, 3.63) is 29.8 Å². The number of halogens is 3. The lowest BCUT2D eigenvalue weighted by atomic mass is 10.2. The third-order valence-corrected chi connectivity index (χ3v) is 3.94. The summed E-state index contributed by atoms with van der Waals surface area (Å²) in [5, 5.41) is -4.36. The summed E-state index contributed by atoms with van der Waals surface area (Å²) in [5.41, 5.74) is 0.607. The van der Waals surface area contributed by atoms with E-state index in [0.717, 1.165) is 12.1 Å². The first kappa shape index (κ1) is 13.0. The highest BCUT2D eigenvalue weighted by Gasteiger charge is 2.46. The Morgan fingerprint density at radius 1 is 1.31 bits per heavy atom. The van der Waals surface area contributed by atoms with Gasteiger partial charge >= 0.3 is 5.25 Å². The van der Waals surface area contributed by atoms with Crippen molar-refractivity contribution in [2.75, 3.05) is 6.67 Å². The van der Waals surface area contributed by atoms with Crippen molar-refractivity contribution in [3.63, 3.8) is 0 Å². The van der Waals surface area contributed by atoms with Gasteiger partial charge in [-0.2, -0.15) is 8.78 Å². The number of aryl methyl sites for hydroxylation is 1. The van der Waals surface area contributed by atoms with Crippen LogP contribution in [0.3, 0.4) is 0 Å². The van der Waals surface area contributed by atoms with Gasteiger partial charge in [-0.05, 0) is 24.1 Å². The van der Waals surface area contributed by atoms with Gasteiger partial charge < -0.3 is 0 Å². The largest absolute Gasteiger partial charge is 0.377 e. The minimum absolute atomic E-state index is 0.518. The molecule has 0 aliphatic rings. The average Bonchev–Trinajstić information content (AvgIpc) is 2.28. The molecular weight excluding hydrogens is 241 g/mol. The summed E-state index contributed by atoms with van der Waals surface area (Å²) >= 11 is 0. The summed E-state index contributed by atoms with van der Waals surface area (Å²) in [7, 11) is -4.93. The average molecular weight is 252 g/mol. The lowest BCUT2D eigenvalue weighted by molar-refractivity contribution is 0.0620. The molecule has 1 aromatic rings. The maximum Gasteiger partial charge on any atom is 0.377 e. The van der Waals surface area contributed by atoms with Gasteiger partial charge in [-0.15, -0.1) is 0 Å². The number of sulfone groups is 1. The molecule has 0 aliphatic heterocycles. The monoisotopic (exact) mass is 252 g/mol. The Kier molecular flexibility index (Phi) is 3.62. The van der Waals surface area contributed by atoms with Crippen molar-refractivity contribution in [2.45, 2.75) is 23.5 Å². The van der Waals surface area contributed by atoms with E-state index in [2.05, 4.69) is 0 Å². The van der Waals surface area contributed by atoms with Crippen LogP contribution in [0.25, 0.3) is 0 Å². The number of benzene rings is 1. The van der Waals surface area contributed by atoms with Crippen molar-refractivity contribution >= 4 is 9.84 Å². The van der Waals surface area contributed by atoms with E-state index in [1.54, 1.807) is 13.0 Å². The van der Waals surface area contributed by atoms with Crippen LogP contribution in [0.5, 0.6) is 0 Å². The predicted molar refractivity (Wildman–Crippen MR) is 53.9 cm³/mol. The van der Waals surface area contributed by atoms with Crippen LogP contribution in [0.1, 0.15) is 12.5 Å². The quantitative estimate of drug-likeness (QED) is 0.825. The fraction of sp³-hybridized carbons (Fsp3) is 0.400. The standard InChI is InChI=1S/C10H11F3O2S/c1-2-8-4-3-5-9(6-8)16(14,15)10(12,13)7-11/h3-6H,2,7H2,1H3. The highest BCUT2D eigenvalue weighted by Crippen LogP contribution is 2.29. The van der Waals surface area contributed by atoms with E-state index in [9.17, 15) is 21.6 Å². The molecule has 16 heavy (non-hydrogen) atoms. The summed E-state index contributed by atoms with van der Waals surface area (Å²) in [5.74, 6) is 0. The molecule has 0 fully saturated rings. The first-order chi connectivity index (χ1) is 7.35. The van der Waals surface area contributed by atoms with Crippen LogP contribution in [-0.2, 0) is 16.3 Å². The summed E-state index contributed by atoms with van der Waals surface area (Å²) in [6, 6.07) is 5.16. The molecule has 1 rings (SSSR count). The highest BCUT2D eigenvalue weighted by atomic mass is 32.2. The zero-order valence-electron chi connectivity index (χ0n) is 8.58. The molecule has 0 atom stereocenters. The van der Waals surface area contributed by atoms with Crippen LogP contribution in [0.4, 0.5) is 13.2 Å². The first-order valence-corrected chi connectivity index (χ1v) is 6.11. The van der Waals surface area contributed by atoms with E-state index in [4.69, 9.17) is 0 Å². The summed E-state index contributed by atoms with van der Waals surface area (Å²) in [6.45, 7) is -0.454. The Hall–Kier alpha value is -1.04. The lowest BCUT2D eigenvalue weighted by Gasteiger charge is -2.13. The van der Waals surface area contributed by atoms with Gasteiger partial charge in [0.2, 0.25) is 9.84 Å². The van der Waals surface area contributed by atoms with Crippen LogP contribution in [0, 0.1) is 0 Å². The molecule has 0 saturated carbocycles. The maximum absolute atomic E-state index is 12.9. The van der Waals surface area contributed by atoms with E-state index in [1.165, 1.54) is 6.07 Å². The van der Waals surface area contributed by atoms with Gasteiger partial charge in [0.05, 0.1) is 4.90 Å². The van der Waals surface area contributed by atoms with Gasteiger partial charge in [0.1, 0.15) is 0 Å². The number of alkyl halides is 3. The Labute approximate surface area is 92.0 Å². The predicted octanol–water partition coefficient (Wildman–Crippen LogP) is 2.59.